The van der Waals surface area contributed by atoms with Crippen molar-refractivity contribution in [2.45, 2.75) is 26.2 Å². The molecule has 2 rings (SSSR count). The Hall–Kier alpha value is -1.84. The van der Waals surface area contributed by atoms with Crippen molar-refractivity contribution in [3.63, 3.8) is 0 Å². The van der Waals surface area contributed by atoms with Crippen molar-refractivity contribution in [1.82, 2.24) is 9.78 Å². The maximum atomic E-state index is 10.9. The standard InChI is InChI=1S/C13H16N2O2/c1-4-12-10-6-5-9(8(2)13(16)17)7-11(10)14-15(12)3/h5-8H,4H2,1-3H3,(H,16,17). The number of carboxylic acid groups (broad SMARTS) is 1. The molecular formula is C13H16N2O2. The summed E-state index contributed by atoms with van der Waals surface area (Å²) in [5.74, 6) is -1.30. The van der Waals surface area contributed by atoms with Gasteiger partial charge in [-0.1, -0.05) is 19.1 Å². The van der Waals surface area contributed by atoms with Crippen molar-refractivity contribution < 1.29 is 9.90 Å². The highest BCUT2D eigenvalue weighted by Crippen LogP contribution is 2.23. The van der Waals surface area contributed by atoms with Crippen LogP contribution in [0, 0.1) is 0 Å². The molecule has 0 saturated carbocycles. The average molecular weight is 232 g/mol. The van der Waals surface area contributed by atoms with E-state index in [1.165, 1.54) is 5.69 Å². The molecule has 0 aliphatic carbocycles. The number of carbonyl (C=O) groups is 1. The highest BCUT2D eigenvalue weighted by molar-refractivity contribution is 5.84. The van der Waals surface area contributed by atoms with Gasteiger partial charge < -0.3 is 5.11 Å². The van der Waals surface area contributed by atoms with Gasteiger partial charge in [0.1, 0.15) is 0 Å². The number of hydrogen-bond donors (Lipinski definition) is 1. The van der Waals surface area contributed by atoms with Crippen molar-refractivity contribution in [2.75, 3.05) is 0 Å². The first-order valence-electron chi connectivity index (χ1n) is 5.73. The first-order chi connectivity index (χ1) is 8.04. The number of aromatic nitrogens is 2. The Bertz CT molecular complexity index is 572. The van der Waals surface area contributed by atoms with Gasteiger partial charge in [-0.25, -0.2) is 0 Å². The molecule has 0 spiro atoms. The highest BCUT2D eigenvalue weighted by Gasteiger charge is 2.15. The number of fused-ring (bicyclic) bond motifs is 1. The van der Waals surface area contributed by atoms with Crippen LogP contribution >= 0.6 is 0 Å². The molecule has 1 aromatic heterocycles. The molecule has 4 nitrogen and oxygen atoms in total. The number of aliphatic carboxylic acids is 1. The molecule has 1 atom stereocenters. The van der Waals surface area contributed by atoms with E-state index in [0.717, 1.165) is 22.9 Å². The Balaban J connectivity index is 2.56. The van der Waals surface area contributed by atoms with E-state index in [9.17, 15) is 4.79 Å². The van der Waals surface area contributed by atoms with Gasteiger partial charge in [0.25, 0.3) is 0 Å². The largest absolute Gasteiger partial charge is 0.481 e. The molecule has 0 bridgehead atoms. The number of hydrogen-bond acceptors (Lipinski definition) is 2. The average Bonchev–Trinajstić information content (AvgIpc) is 2.61. The van der Waals surface area contributed by atoms with Crippen molar-refractivity contribution in [2.24, 2.45) is 7.05 Å². The van der Waals surface area contributed by atoms with Crippen LogP contribution in [0.4, 0.5) is 0 Å². The van der Waals surface area contributed by atoms with E-state index in [-0.39, 0.29) is 0 Å². The van der Waals surface area contributed by atoms with Crippen LogP contribution in [0.15, 0.2) is 18.2 Å². The maximum absolute atomic E-state index is 10.9. The molecule has 90 valence electrons. The van der Waals surface area contributed by atoms with Gasteiger partial charge in [0.15, 0.2) is 0 Å². The van der Waals surface area contributed by atoms with Crippen molar-refractivity contribution in [3.05, 3.63) is 29.5 Å². The van der Waals surface area contributed by atoms with Crippen LogP contribution in [-0.4, -0.2) is 20.9 Å². The molecule has 1 heterocycles. The fraction of sp³-hybridized carbons (Fsp3) is 0.385. The molecule has 0 aliphatic rings. The minimum atomic E-state index is -0.809. The summed E-state index contributed by atoms with van der Waals surface area (Å²) in [6.45, 7) is 3.78. The lowest BCUT2D eigenvalue weighted by Gasteiger charge is -2.05. The minimum Gasteiger partial charge on any atom is -0.481 e. The van der Waals surface area contributed by atoms with Crippen molar-refractivity contribution in [3.8, 4) is 0 Å². The van der Waals surface area contributed by atoms with Crippen LogP contribution in [0.2, 0.25) is 0 Å². The molecule has 0 aliphatic heterocycles. The van der Waals surface area contributed by atoms with Crippen molar-refractivity contribution in [1.29, 1.82) is 0 Å². The molecule has 17 heavy (non-hydrogen) atoms. The number of benzene rings is 1. The zero-order valence-electron chi connectivity index (χ0n) is 10.3. The second kappa shape index (κ2) is 4.20. The van der Waals surface area contributed by atoms with Crippen LogP contribution in [0.25, 0.3) is 10.9 Å². The lowest BCUT2D eigenvalue weighted by Crippen LogP contribution is -2.06. The van der Waals surface area contributed by atoms with Gasteiger partial charge >= 0.3 is 5.97 Å². The summed E-state index contributed by atoms with van der Waals surface area (Å²) in [4.78, 5) is 10.9. The highest BCUT2D eigenvalue weighted by atomic mass is 16.4. The summed E-state index contributed by atoms with van der Waals surface area (Å²) in [7, 11) is 1.92. The van der Waals surface area contributed by atoms with Gasteiger partial charge in [0, 0.05) is 18.1 Å². The Labute approximate surface area is 99.9 Å². The second-order valence-corrected chi connectivity index (χ2v) is 4.26. The van der Waals surface area contributed by atoms with Gasteiger partial charge in [0.05, 0.1) is 11.4 Å². The number of rotatable bonds is 3. The number of nitrogens with zero attached hydrogens (tertiary/aromatic N) is 2. The summed E-state index contributed by atoms with van der Waals surface area (Å²) in [6.07, 6.45) is 0.917. The molecule has 4 heteroatoms. The quantitative estimate of drug-likeness (QED) is 0.883. The lowest BCUT2D eigenvalue weighted by molar-refractivity contribution is -0.138. The predicted octanol–water partition coefficient (Wildman–Crippen LogP) is 2.32. The Morgan fingerprint density at radius 3 is 2.82 bits per heavy atom. The topological polar surface area (TPSA) is 55.1 Å². The molecule has 2 aromatic rings. The Kier molecular flexibility index (Phi) is 2.88. The predicted molar refractivity (Wildman–Crippen MR) is 66.1 cm³/mol. The maximum Gasteiger partial charge on any atom is 0.310 e. The van der Waals surface area contributed by atoms with Crippen LogP contribution in [-0.2, 0) is 18.3 Å². The van der Waals surface area contributed by atoms with E-state index in [0.29, 0.717) is 0 Å². The van der Waals surface area contributed by atoms with Crippen LogP contribution in [0.5, 0.6) is 0 Å². The van der Waals surface area contributed by atoms with E-state index in [1.807, 2.05) is 29.9 Å². The first kappa shape index (κ1) is 11.6. The zero-order chi connectivity index (χ0) is 12.6. The van der Waals surface area contributed by atoms with Crippen LogP contribution in [0.1, 0.15) is 31.0 Å². The summed E-state index contributed by atoms with van der Waals surface area (Å²) in [6, 6.07) is 5.71. The van der Waals surface area contributed by atoms with Crippen LogP contribution < -0.4 is 0 Å². The van der Waals surface area contributed by atoms with Gasteiger partial charge in [-0.3, -0.25) is 9.48 Å². The molecular weight excluding hydrogens is 216 g/mol. The lowest BCUT2D eigenvalue weighted by atomic mass is 9.99. The SMILES string of the molecule is CCc1c2ccc(C(C)C(=O)O)cc2nn1C. The molecule has 0 amide bonds. The Morgan fingerprint density at radius 1 is 1.53 bits per heavy atom. The van der Waals surface area contributed by atoms with Crippen LogP contribution in [0.3, 0.4) is 0 Å². The first-order valence-corrected chi connectivity index (χ1v) is 5.73. The zero-order valence-corrected chi connectivity index (χ0v) is 10.3. The molecule has 1 unspecified atom stereocenters. The molecule has 0 fully saturated rings. The van der Waals surface area contributed by atoms with Gasteiger partial charge in [-0.15, -0.1) is 0 Å². The molecule has 1 N–H and O–H groups in total. The van der Waals surface area contributed by atoms with E-state index in [2.05, 4.69) is 12.0 Å². The van der Waals surface area contributed by atoms with Gasteiger partial charge in [-0.05, 0) is 25.0 Å². The third-order valence-corrected chi connectivity index (χ3v) is 3.19. The normalized spacial score (nSPS) is 12.9. The smallest absolute Gasteiger partial charge is 0.310 e. The number of aryl methyl sites for hydroxylation is 2. The van der Waals surface area contributed by atoms with E-state index in [1.54, 1.807) is 6.92 Å². The summed E-state index contributed by atoms with van der Waals surface area (Å²) in [5, 5.41) is 14.5. The monoisotopic (exact) mass is 232 g/mol. The minimum absolute atomic E-state index is 0.494. The fourth-order valence-electron chi connectivity index (χ4n) is 2.10. The number of carboxylic acids is 1. The Morgan fingerprint density at radius 2 is 2.24 bits per heavy atom. The van der Waals surface area contributed by atoms with E-state index >= 15 is 0 Å². The second-order valence-electron chi connectivity index (χ2n) is 4.26. The third kappa shape index (κ3) is 1.90. The van der Waals surface area contributed by atoms with E-state index in [4.69, 9.17) is 5.11 Å². The fourth-order valence-corrected chi connectivity index (χ4v) is 2.10. The van der Waals surface area contributed by atoms with Gasteiger partial charge in [0.2, 0.25) is 0 Å². The summed E-state index contributed by atoms with van der Waals surface area (Å²) < 4.78 is 1.86. The third-order valence-electron chi connectivity index (χ3n) is 3.19. The molecule has 0 saturated heterocycles. The molecule has 0 radical (unpaired) electrons. The van der Waals surface area contributed by atoms with E-state index < -0.39 is 11.9 Å². The van der Waals surface area contributed by atoms with Crippen molar-refractivity contribution >= 4 is 16.9 Å². The molecule has 1 aromatic carbocycles. The van der Waals surface area contributed by atoms with Gasteiger partial charge in [-0.2, -0.15) is 5.10 Å². The summed E-state index contributed by atoms with van der Waals surface area (Å²) >= 11 is 0. The summed E-state index contributed by atoms with van der Waals surface area (Å²) in [5.41, 5.74) is 2.84.